The average molecular weight is 241 g/mol. The van der Waals surface area contributed by atoms with Crippen molar-refractivity contribution in [3.8, 4) is 0 Å². The lowest BCUT2D eigenvalue weighted by atomic mass is 10.1. The molecule has 4 nitrogen and oxygen atoms in total. The zero-order chi connectivity index (χ0) is 13.0. The van der Waals surface area contributed by atoms with E-state index in [-0.39, 0.29) is 17.3 Å². The molecule has 0 aliphatic carbocycles. The molecule has 0 aromatic heterocycles. The van der Waals surface area contributed by atoms with Gasteiger partial charge in [0.1, 0.15) is 5.82 Å². The topological polar surface area (TPSA) is 49.8 Å². The maximum absolute atomic E-state index is 13.7. The van der Waals surface area contributed by atoms with E-state index < -0.39 is 11.8 Å². The first-order valence-electron chi connectivity index (χ1n) is 5.22. The Labute approximate surface area is 99.6 Å². The summed E-state index contributed by atoms with van der Waals surface area (Å²) in [6.07, 6.45) is 0. The summed E-state index contributed by atoms with van der Waals surface area (Å²) < 4.78 is 18.7. The number of rotatable bonds is 5. The van der Waals surface area contributed by atoms with Gasteiger partial charge in [-0.2, -0.15) is 0 Å². The van der Waals surface area contributed by atoms with Crippen LogP contribution < -0.4 is 4.90 Å². The van der Waals surface area contributed by atoms with Crippen LogP contribution in [0.3, 0.4) is 0 Å². The van der Waals surface area contributed by atoms with Gasteiger partial charge in [0.15, 0.2) is 0 Å². The van der Waals surface area contributed by atoms with Crippen molar-refractivity contribution in [2.24, 2.45) is 0 Å². The minimum Gasteiger partial charge on any atom is -0.478 e. The largest absolute Gasteiger partial charge is 0.478 e. The van der Waals surface area contributed by atoms with Gasteiger partial charge in [0.05, 0.1) is 17.9 Å². The third kappa shape index (κ3) is 2.94. The van der Waals surface area contributed by atoms with E-state index in [9.17, 15) is 9.18 Å². The Morgan fingerprint density at radius 3 is 2.76 bits per heavy atom. The molecule has 0 amide bonds. The van der Waals surface area contributed by atoms with Gasteiger partial charge in [-0.1, -0.05) is 6.07 Å². The highest BCUT2D eigenvalue weighted by atomic mass is 19.1. The van der Waals surface area contributed by atoms with Crippen LogP contribution in [0.5, 0.6) is 0 Å². The molecule has 1 aromatic rings. The van der Waals surface area contributed by atoms with Crippen LogP contribution in [0.4, 0.5) is 10.1 Å². The quantitative estimate of drug-likeness (QED) is 0.856. The van der Waals surface area contributed by atoms with Crippen molar-refractivity contribution in [3.05, 3.63) is 29.6 Å². The molecule has 17 heavy (non-hydrogen) atoms. The molecule has 0 saturated carbocycles. The Morgan fingerprint density at radius 1 is 1.59 bits per heavy atom. The average Bonchev–Trinajstić information content (AvgIpc) is 2.28. The van der Waals surface area contributed by atoms with Crippen molar-refractivity contribution in [2.45, 2.75) is 13.0 Å². The number of anilines is 1. The monoisotopic (exact) mass is 241 g/mol. The number of carboxylic acids is 1. The molecule has 0 fully saturated rings. The summed E-state index contributed by atoms with van der Waals surface area (Å²) in [5.74, 6) is -1.69. The first kappa shape index (κ1) is 13.4. The van der Waals surface area contributed by atoms with Gasteiger partial charge in [0.2, 0.25) is 0 Å². The predicted molar refractivity (Wildman–Crippen MR) is 63.1 cm³/mol. The zero-order valence-corrected chi connectivity index (χ0v) is 10.1. The molecular weight excluding hydrogens is 225 g/mol. The molecular formula is C12H16FNO3. The third-order valence-corrected chi connectivity index (χ3v) is 2.64. The molecule has 0 spiro atoms. The standard InChI is InChI=1S/C12H16FNO3/c1-8(7-17-3)14(2)11-9(12(15)16)5-4-6-10(11)13/h4-6,8H,7H2,1-3H3,(H,15,16). The van der Waals surface area contributed by atoms with E-state index in [1.54, 1.807) is 19.1 Å². The number of halogens is 1. The lowest BCUT2D eigenvalue weighted by molar-refractivity contribution is 0.0697. The third-order valence-electron chi connectivity index (χ3n) is 2.64. The summed E-state index contributed by atoms with van der Waals surface area (Å²) in [5, 5.41) is 9.03. The number of ether oxygens (including phenoxy) is 1. The number of aromatic carboxylic acids is 1. The number of carbonyl (C=O) groups is 1. The van der Waals surface area contributed by atoms with Crippen LogP contribution >= 0.6 is 0 Å². The minimum atomic E-state index is -1.14. The molecule has 5 heteroatoms. The van der Waals surface area contributed by atoms with Crippen molar-refractivity contribution in [3.63, 3.8) is 0 Å². The number of nitrogens with zero attached hydrogens (tertiary/aromatic N) is 1. The summed E-state index contributed by atoms with van der Waals surface area (Å²) in [7, 11) is 3.19. The van der Waals surface area contributed by atoms with Crippen molar-refractivity contribution < 1.29 is 19.0 Å². The highest BCUT2D eigenvalue weighted by Gasteiger charge is 2.20. The molecule has 0 aliphatic rings. The van der Waals surface area contributed by atoms with Gasteiger partial charge in [-0.05, 0) is 19.1 Å². The van der Waals surface area contributed by atoms with Gasteiger partial charge in [-0.15, -0.1) is 0 Å². The summed E-state index contributed by atoms with van der Waals surface area (Å²) in [6.45, 7) is 2.23. The van der Waals surface area contributed by atoms with E-state index in [1.165, 1.54) is 18.2 Å². The van der Waals surface area contributed by atoms with Crippen LogP contribution in [0.2, 0.25) is 0 Å². The maximum Gasteiger partial charge on any atom is 0.337 e. The van der Waals surface area contributed by atoms with Crippen LogP contribution in [-0.4, -0.2) is 37.9 Å². The van der Waals surface area contributed by atoms with Gasteiger partial charge in [0.25, 0.3) is 0 Å². The second-order valence-corrected chi connectivity index (χ2v) is 3.86. The fourth-order valence-electron chi connectivity index (χ4n) is 1.62. The molecule has 0 radical (unpaired) electrons. The minimum absolute atomic E-state index is 0.0459. The first-order valence-corrected chi connectivity index (χ1v) is 5.22. The number of methoxy groups -OCH3 is 1. The van der Waals surface area contributed by atoms with Crippen molar-refractivity contribution >= 4 is 11.7 Å². The fraction of sp³-hybridized carbons (Fsp3) is 0.417. The Balaban J connectivity index is 3.15. The second-order valence-electron chi connectivity index (χ2n) is 3.86. The lowest BCUT2D eigenvalue weighted by Crippen LogP contribution is -2.34. The molecule has 1 aromatic carbocycles. The van der Waals surface area contributed by atoms with Gasteiger partial charge in [-0.25, -0.2) is 9.18 Å². The normalized spacial score (nSPS) is 12.2. The van der Waals surface area contributed by atoms with Crippen LogP contribution in [0.1, 0.15) is 17.3 Å². The number of carboxylic acid groups (broad SMARTS) is 1. The number of hydrogen-bond donors (Lipinski definition) is 1. The summed E-state index contributed by atoms with van der Waals surface area (Å²) in [6, 6.07) is 3.90. The molecule has 1 atom stereocenters. The molecule has 0 saturated heterocycles. The lowest BCUT2D eigenvalue weighted by Gasteiger charge is -2.28. The molecule has 1 N–H and O–H groups in total. The Hall–Kier alpha value is -1.62. The van der Waals surface area contributed by atoms with Crippen LogP contribution in [-0.2, 0) is 4.74 Å². The predicted octanol–water partition coefficient (Wildman–Crippen LogP) is 2.00. The van der Waals surface area contributed by atoms with Crippen LogP contribution in [0, 0.1) is 5.82 Å². The van der Waals surface area contributed by atoms with Gasteiger partial charge >= 0.3 is 5.97 Å². The zero-order valence-electron chi connectivity index (χ0n) is 10.1. The summed E-state index contributed by atoms with van der Waals surface area (Å²) >= 11 is 0. The smallest absolute Gasteiger partial charge is 0.337 e. The Kier molecular flexibility index (Phi) is 4.45. The molecule has 0 aliphatic heterocycles. The number of hydrogen-bond acceptors (Lipinski definition) is 3. The van der Waals surface area contributed by atoms with E-state index >= 15 is 0 Å². The van der Waals surface area contributed by atoms with Gasteiger partial charge in [0, 0.05) is 20.2 Å². The number of para-hydroxylation sites is 1. The molecule has 94 valence electrons. The highest BCUT2D eigenvalue weighted by Crippen LogP contribution is 2.25. The molecule has 1 rings (SSSR count). The SMILES string of the molecule is COCC(C)N(C)c1c(F)cccc1C(=O)O. The van der Waals surface area contributed by atoms with E-state index in [0.717, 1.165) is 0 Å². The Morgan fingerprint density at radius 2 is 2.24 bits per heavy atom. The molecule has 0 bridgehead atoms. The Bertz CT molecular complexity index is 409. The fourth-order valence-corrected chi connectivity index (χ4v) is 1.62. The first-order chi connectivity index (χ1) is 7.99. The van der Waals surface area contributed by atoms with Gasteiger partial charge in [-0.3, -0.25) is 0 Å². The van der Waals surface area contributed by atoms with Crippen molar-refractivity contribution in [1.29, 1.82) is 0 Å². The summed E-state index contributed by atoms with van der Waals surface area (Å²) in [4.78, 5) is 12.6. The van der Waals surface area contributed by atoms with E-state index in [4.69, 9.17) is 9.84 Å². The van der Waals surface area contributed by atoms with E-state index in [0.29, 0.717) is 6.61 Å². The second kappa shape index (κ2) is 5.63. The van der Waals surface area contributed by atoms with E-state index in [2.05, 4.69) is 0 Å². The molecule has 0 heterocycles. The highest BCUT2D eigenvalue weighted by molar-refractivity contribution is 5.94. The molecule has 1 unspecified atom stereocenters. The number of likely N-dealkylation sites (N-methyl/N-ethyl adjacent to an activating group) is 1. The van der Waals surface area contributed by atoms with Crippen molar-refractivity contribution in [2.75, 3.05) is 25.7 Å². The summed E-state index contributed by atoms with van der Waals surface area (Å²) in [5.41, 5.74) is 0.0417. The van der Waals surface area contributed by atoms with Crippen molar-refractivity contribution in [1.82, 2.24) is 0 Å². The van der Waals surface area contributed by atoms with Crippen LogP contribution in [0.15, 0.2) is 18.2 Å². The van der Waals surface area contributed by atoms with Gasteiger partial charge < -0.3 is 14.7 Å². The van der Waals surface area contributed by atoms with Crippen LogP contribution in [0.25, 0.3) is 0 Å². The number of benzene rings is 1. The maximum atomic E-state index is 13.7. The van der Waals surface area contributed by atoms with E-state index in [1.807, 2.05) is 6.92 Å².